The Hall–Kier alpha value is -2.16. The number of halogens is 6. The van der Waals surface area contributed by atoms with Crippen molar-refractivity contribution in [2.75, 3.05) is 11.9 Å². The third-order valence-corrected chi connectivity index (χ3v) is 6.33. The zero-order valence-electron chi connectivity index (χ0n) is 16.8. The molecule has 4 rings (SSSR count). The number of amides is 1. The zero-order valence-corrected chi connectivity index (χ0v) is 19.1. The van der Waals surface area contributed by atoms with Gasteiger partial charge in [0, 0.05) is 39.8 Å². The van der Waals surface area contributed by atoms with Crippen LogP contribution in [0.15, 0.2) is 24.3 Å². The SMILES string of the molecule is CCC(NC(=O)C(F)(F)F)c1cc(-c2ccc(Cl)cc2Cl)c(Cl)c2nc3n(c12)CCCN3. The number of aromatic nitrogens is 2. The molecule has 2 aromatic carbocycles. The molecule has 0 spiro atoms. The minimum Gasteiger partial charge on any atom is -0.356 e. The van der Waals surface area contributed by atoms with Crippen LogP contribution in [0, 0.1) is 0 Å². The number of nitrogens with zero attached hydrogens (tertiary/aromatic N) is 2. The summed E-state index contributed by atoms with van der Waals surface area (Å²) in [6, 6.07) is 5.64. The van der Waals surface area contributed by atoms with Crippen LogP contribution in [0.4, 0.5) is 19.1 Å². The second-order valence-corrected chi connectivity index (χ2v) is 8.67. The van der Waals surface area contributed by atoms with Crippen LogP contribution < -0.4 is 10.6 Å². The van der Waals surface area contributed by atoms with Crippen molar-refractivity contribution < 1.29 is 18.0 Å². The average Bonchev–Trinajstić information content (AvgIpc) is 3.13. The number of rotatable bonds is 4. The predicted molar refractivity (Wildman–Crippen MR) is 121 cm³/mol. The van der Waals surface area contributed by atoms with Gasteiger partial charge in [0.15, 0.2) is 0 Å². The quantitative estimate of drug-likeness (QED) is 0.419. The Morgan fingerprint density at radius 3 is 2.66 bits per heavy atom. The van der Waals surface area contributed by atoms with E-state index in [1.807, 2.05) is 4.57 Å². The molecular formula is C21H18Cl3F3N4O. The van der Waals surface area contributed by atoms with Crippen LogP contribution in [0.1, 0.15) is 31.4 Å². The fourth-order valence-corrected chi connectivity index (χ4v) is 4.71. The van der Waals surface area contributed by atoms with Crippen molar-refractivity contribution in [3.63, 3.8) is 0 Å². The lowest BCUT2D eigenvalue weighted by atomic mass is 9.96. The summed E-state index contributed by atoms with van der Waals surface area (Å²) in [4.78, 5) is 16.4. The fourth-order valence-electron chi connectivity index (χ4n) is 3.91. The van der Waals surface area contributed by atoms with E-state index in [0.717, 1.165) is 6.42 Å². The maximum Gasteiger partial charge on any atom is 0.471 e. The summed E-state index contributed by atoms with van der Waals surface area (Å²) in [6.07, 6.45) is -3.97. The Bertz CT molecular complexity index is 1210. The summed E-state index contributed by atoms with van der Waals surface area (Å²) in [7, 11) is 0. The molecule has 1 aliphatic rings. The van der Waals surface area contributed by atoms with Crippen LogP contribution in [0.5, 0.6) is 0 Å². The highest BCUT2D eigenvalue weighted by Gasteiger charge is 2.40. The van der Waals surface area contributed by atoms with Crippen LogP contribution in [-0.2, 0) is 11.3 Å². The highest BCUT2D eigenvalue weighted by atomic mass is 35.5. The van der Waals surface area contributed by atoms with E-state index >= 15 is 0 Å². The van der Waals surface area contributed by atoms with Gasteiger partial charge in [0.2, 0.25) is 5.95 Å². The van der Waals surface area contributed by atoms with Crippen LogP contribution in [0.3, 0.4) is 0 Å². The van der Waals surface area contributed by atoms with Crippen molar-refractivity contribution in [1.29, 1.82) is 0 Å². The molecule has 11 heteroatoms. The third kappa shape index (κ3) is 4.11. The molecule has 170 valence electrons. The topological polar surface area (TPSA) is 59.0 Å². The number of hydrogen-bond acceptors (Lipinski definition) is 3. The lowest BCUT2D eigenvalue weighted by Crippen LogP contribution is -2.39. The van der Waals surface area contributed by atoms with Gasteiger partial charge < -0.3 is 15.2 Å². The van der Waals surface area contributed by atoms with Crippen molar-refractivity contribution in [3.05, 3.63) is 44.9 Å². The first-order valence-corrected chi connectivity index (χ1v) is 11.0. The molecule has 0 radical (unpaired) electrons. The molecule has 1 atom stereocenters. The Morgan fingerprint density at radius 2 is 2.00 bits per heavy atom. The van der Waals surface area contributed by atoms with Crippen molar-refractivity contribution >= 4 is 57.7 Å². The first-order chi connectivity index (χ1) is 15.1. The van der Waals surface area contributed by atoms with E-state index in [-0.39, 0.29) is 6.42 Å². The minimum absolute atomic E-state index is 0.223. The molecule has 3 aromatic rings. The summed E-state index contributed by atoms with van der Waals surface area (Å²) in [5.74, 6) is -1.43. The summed E-state index contributed by atoms with van der Waals surface area (Å²) >= 11 is 19.2. The molecule has 32 heavy (non-hydrogen) atoms. The number of aryl methyl sites for hydroxylation is 1. The highest BCUT2D eigenvalue weighted by molar-refractivity contribution is 6.40. The first kappa shape index (κ1) is 23.0. The molecule has 0 bridgehead atoms. The van der Waals surface area contributed by atoms with E-state index in [0.29, 0.717) is 61.8 Å². The maximum atomic E-state index is 13.0. The average molecular weight is 506 g/mol. The summed E-state index contributed by atoms with van der Waals surface area (Å²) < 4.78 is 40.9. The van der Waals surface area contributed by atoms with Gasteiger partial charge in [-0.25, -0.2) is 4.98 Å². The number of carbonyl (C=O) groups excluding carboxylic acids is 1. The van der Waals surface area contributed by atoms with Crippen molar-refractivity contribution in [1.82, 2.24) is 14.9 Å². The summed E-state index contributed by atoms with van der Waals surface area (Å²) in [5, 5.41) is 6.38. The number of hydrogen-bond donors (Lipinski definition) is 2. The number of fused-ring (bicyclic) bond motifs is 3. The second kappa shape index (κ2) is 8.65. The van der Waals surface area contributed by atoms with E-state index in [1.165, 1.54) is 0 Å². The number of benzene rings is 2. The second-order valence-electron chi connectivity index (χ2n) is 7.45. The Kier molecular flexibility index (Phi) is 6.22. The van der Waals surface area contributed by atoms with Gasteiger partial charge in [-0.05, 0) is 31.0 Å². The van der Waals surface area contributed by atoms with Gasteiger partial charge in [-0.15, -0.1) is 0 Å². The van der Waals surface area contributed by atoms with Crippen molar-refractivity contribution in [2.24, 2.45) is 0 Å². The Labute approximate surface area is 196 Å². The standard InChI is InChI=1S/C21H18Cl3F3N4O/c1-2-15(29-19(32)21(25,26)27)13-9-12(11-5-4-10(22)8-14(11)23)16(24)17-18(13)31-7-3-6-28-20(31)30-17/h4-5,8-9,15H,2-3,6-7H2,1H3,(H,28,30)(H,29,32). The number of anilines is 1. The predicted octanol–water partition coefficient (Wildman–Crippen LogP) is 6.61. The van der Waals surface area contributed by atoms with Gasteiger partial charge in [0.1, 0.15) is 5.52 Å². The molecule has 0 saturated carbocycles. The summed E-state index contributed by atoms with van der Waals surface area (Å²) in [6.45, 7) is 3.03. The number of nitrogens with one attached hydrogen (secondary N) is 2. The number of alkyl halides is 3. The monoisotopic (exact) mass is 504 g/mol. The van der Waals surface area contributed by atoms with Gasteiger partial charge in [-0.3, -0.25) is 4.79 Å². The van der Waals surface area contributed by atoms with E-state index in [4.69, 9.17) is 34.8 Å². The van der Waals surface area contributed by atoms with Gasteiger partial charge in [-0.2, -0.15) is 13.2 Å². The van der Waals surface area contributed by atoms with Gasteiger partial charge in [-0.1, -0.05) is 47.8 Å². The van der Waals surface area contributed by atoms with E-state index < -0.39 is 18.1 Å². The van der Waals surface area contributed by atoms with Crippen molar-refractivity contribution in [2.45, 2.75) is 38.5 Å². The minimum atomic E-state index is -5.00. The van der Waals surface area contributed by atoms with Crippen LogP contribution in [0.2, 0.25) is 15.1 Å². The summed E-state index contributed by atoms with van der Waals surface area (Å²) in [5.41, 5.74) is 2.54. The Balaban J connectivity index is 1.98. The zero-order chi connectivity index (χ0) is 23.2. The molecule has 1 aliphatic heterocycles. The molecule has 2 heterocycles. The largest absolute Gasteiger partial charge is 0.471 e. The fraction of sp³-hybridized carbons (Fsp3) is 0.333. The van der Waals surface area contributed by atoms with Crippen LogP contribution >= 0.6 is 34.8 Å². The number of imidazole rings is 1. The smallest absolute Gasteiger partial charge is 0.356 e. The molecular weight excluding hydrogens is 488 g/mol. The number of carbonyl (C=O) groups is 1. The molecule has 2 N–H and O–H groups in total. The third-order valence-electron chi connectivity index (χ3n) is 5.39. The maximum absolute atomic E-state index is 13.0. The molecule has 5 nitrogen and oxygen atoms in total. The molecule has 0 fully saturated rings. The van der Waals surface area contributed by atoms with Crippen molar-refractivity contribution in [3.8, 4) is 11.1 Å². The van der Waals surface area contributed by atoms with E-state index in [2.05, 4.69) is 15.6 Å². The molecule has 0 aliphatic carbocycles. The first-order valence-electron chi connectivity index (χ1n) is 9.91. The normalized spacial score (nSPS) is 14.7. The molecule has 1 aromatic heterocycles. The molecule has 1 unspecified atom stereocenters. The Morgan fingerprint density at radius 1 is 1.25 bits per heavy atom. The van der Waals surface area contributed by atoms with E-state index in [1.54, 1.807) is 31.2 Å². The lowest BCUT2D eigenvalue weighted by molar-refractivity contribution is -0.174. The van der Waals surface area contributed by atoms with Crippen LogP contribution in [-0.4, -0.2) is 28.2 Å². The van der Waals surface area contributed by atoms with Crippen LogP contribution in [0.25, 0.3) is 22.2 Å². The lowest BCUT2D eigenvalue weighted by Gasteiger charge is -2.23. The van der Waals surface area contributed by atoms with Gasteiger partial charge >= 0.3 is 12.1 Å². The van der Waals surface area contributed by atoms with E-state index in [9.17, 15) is 18.0 Å². The molecule has 0 saturated heterocycles. The van der Waals surface area contributed by atoms with Gasteiger partial charge in [0.25, 0.3) is 0 Å². The van der Waals surface area contributed by atoms with Gasteiger partial charge in [0.05, 0.1) is 16.6 Å². The highest BCUT2D eigenvalue weighted by Crippen LogP contribution is 2.43. The molecule has 1 amide bonds.